The zero-order valence-corrected chi connectivity index (χ0v) is 10.5. The monoisotopic (exact) mass is 246 g/mol. The molecule has 1 amide bonds. The van der Waals surface area contributed by atoms with Crippen LogP contribution in [-0.4, -0.2) is 36.4 Å². The average molecular weight is 246 g/mol. The lowest BCUT2D eigenvalue weighted by atomic mass is 10.1. The quantitative estimate of drug-likeness (QED) is 0.605. The molecule has 5 heteroatoms. The Morgan fingerprint density at radius 2 is 2.17 bits per heavy atom. The molecule has 0 aliphatic carbocycles. The van der Waals surface area contributed by atoms with Crippen LogP contribution >= 0.6 is 0 Å². The van der Waals surface area contributed by atoms with Gasteiger partial charge in [0.15, 0.2) is 5.96 Å². The summed E-state index contributed by atoms with van der Waals surface area (Å²) in [5.41, 5.74) is 6.77. The lowest BCUT2D eigenvalue weighted by Crippen LogP contribution is -2.40. The molecule has 18 heavy (non-hydrogen) atoms. The number of hydrogen-bond donors (Lipinski definition) is 2. The van der Waals surface area contributed by atoms with Crippen LogP contribution in [-0.2, 0) is 4.79 Å². The number of rotatable bonds is 2. The largest absolute Gasteiger partial charge is 0.370 e. The summed E-state index contributed by atoms with van der Waals surface area (Å²) >= 11 is 0. The molecule has 1 unspecified atom stereocenters. The number of benzene rings is 1. The summed E-state index contributed by atoms with van der Waals surface area (Å²) < 4.78 is 0. The first kappa shape index (κ1) is 12.4. The number of carbonyl (C=O) groups is 1. The molecule has 3 N–H and O–H groups in total. The van der Waals surface area contributed by atoms with E-state index in [9.17, 15) is 4.79 Å². The molecule has 0 bridgehead atoms. The van der Waals surface area contributed by atoms with Gasteiger partial charge in [-0.2, -0.15) is 0 Å². The Bertz CT molecular complexity index is 444. The molecular formula is C13H18N4O. The number of anilines is 1. The zero-order valence-electron chi connectivity index (χ0n) is 10.5. The van der Waals surface area contributed by atoms with Gasteiger partial charge in [-0.25, -0.2) is 4.99 Å². The minimum absolute atomic E-state index is 0.0870. The summed E-state index contributed by atoms with van der Waals surface area (Å²) in [4.78, 5) is 17.5. The van der Waals surface area contributed by atoms with Crippen LogP contribution in [0.15, 0.2) is 35.3 Å². The third kappa shape index (κ3) is 3.23. The molecular weight excluding hydrogens is 228 g/mol. The molecule has 1 aromatic carbocycles. The Morgan fingerprint density at radius 1 is 1.44 bits per heavy atom. The van der Waals surface area contributed by atoms with Gasteiger partial charge in [0.25, 0.3) is 0 Å². The fourth-order valence-electron chi connectivity index (χ4n) is 1.99. The van der Waals surface area contributed by atoms with E-state index in [1.54, 1.807) is 11.9 Å². The van der Waals surface area contributed by atoms with Crippen molar-refractivity contribution in [3.8, 4) is 0 Å². The highest BCUT2D eigenvalue weighted by Gasteiger charge is 2.22. The van der Waals surface area contributed by atoms with Crippen LogP contribution in [0.5, 0.6) is 0 Å². The van der Waals surface area contributed by atoms with Gasteiger partial charge in [0.05, 0.1) is 6.04 Å². The number of nitrogens with two attached hydrogens (primary N) is 1. The fraction of sp³-hybridized carbons (Fsp3) is 0.385. The van der Waals surface area contributed by atoms with Crippen molar-refractivity contribution in [3.63, 3.8) is 0 Å². The molecule has 1 aromatic rings. The molecule has 1 atom stereocenters. The Balaban J connectivity index is 1.94. The maximum atomic E-state index is 11.3. The topological polar surface area (TPSA) is 70.7 Å². The summed E-state index contributed by atoms with van der Waals surface area (Å²) in [5, 5.41) is 3.04. The molecule has 96 valence electrons. The van der Waals surface area contributed by atoms with Gasteiger partial charge in [-0.1, -0.05) is 18.2 Å². The Kier molecular flexibility index (Phi) is 3.82. The number of amides is 1. The summed E-state index contributed by atoms with van der Waals surface area (Å²) in [7, 11) is 1.80. The SMILES string of the molecule is CN1CC(N=C(N)Nc2ccccc2)CCC1=O. The van der Waals surface area contributed by atoms with Gasteiger partial charge in [0.2, 0.25) is 5.91 Å². The van der Waals surface area contributed by atoms with Crippen molar-refractivity contribution < 1.29 is 4.79 Å². The maximum Gasteiger partial charge on any atom is 0.222 e. The van der Waals surface area contributed by atoms with E-state index in [1.165, 1.54) is 0 Å². The van der Waals surface area contributed by atoms with Crippen LogP contribution in [0, 0.1) is 0 Å². The van der Waals surface area contributed by atoms with Crippen LogP contribution in [0.4, 0.5) is 5.69 Å². The van der Waals surface area contributed by atoms with Crippen LogP contribution in [0.25, 0.3) is 0 Å². The van der Waals surface area contributed by atoms with Gasteiger partial charge < -0.3 is 16.0 Å². The number of likely N-dealkylation sites (N-methyl/N-ethyl adjacent to an activating group) is 1. The average Bonchev–Trinajstić information content (AvgIpc) is 2.35. The molecule has 1 heterocycles. The van der Waals surface area contributed by atoms with Gasteiger partial charge in [-0.05, 0) is 18.6 Å². The van der Waals surface area contributed by atoms with Gasteiger partial charge in [0.1, 0.15) is 0 Å². The minimum Gasteiger partial charge on any atom is -0.370 e. The molecule has 0 saturated carbocycles. The first-order valence-corrected chi connectivity index (χ1v) is 6.04. The standard InChI is InChI=1S/C13H18N4O/c1-17-9-11(7-8-12(17)18)16-13(14)15-10-5-3-2-4-6-10/h2-6,11H,7-9H2,1H3,(H3,14,15,16). The van der Waals surface area contributed by atoms with Crippen LogP contribution in [0.1, 0.15) is 12.8 Å². The van der Waals surface area contributed by atoms with E-state index in [-0.39, 0.29) is 11.9 Å². The van der Waals surface area contributed by atoms with Crippen molar-refractivity contribution in [1.82, 2.24) is 4.90 Å². The first-order valence-electron chi connectivity index (χ1n) is 6.04. The molecule has 0 spiro atoms. The van der Waals surface area contributed by atoms with Crippen molar-refractivity contribution in [3.05, 3.63) is 30.3 Å². The highest BCUT2D eigenvalue weighted by Crippen LogP contribution is 2.13. The maximum absolute atomic E-state index is 11.3. The number of nitrogens with zero attached hydrogens (tertiary/aromatic N) is 2. The van der Waals surface area contributed by atoms with Crippen molar-refractivity contribution >= 4 is 17.6 Å². The molecule has 0 radical (unpaired) electrons. The Morgan fingerprint density at radius 3 is 2.83 bits per heavy atom. The van der Waals surface area contributed by atoms with Crippen molar-refractivity contribution in [2.45, 2.75) is 18.9 Å². The van der Waals surface area contributed by atoms with Gasteiger partial charge >= 0.3 is 0 Å². The van der Waals surface area contributed by atoms with E-state index in [0.717, 1.165) is 12.1 Å². The van der Waals surface area contributed by atoms with E-state index in [1.807, 2.05) is 30.3 Å². The van der Waals surface area contributed by atoms with Crippen molar-refractivity contribution in [1.29, 1.82) is 0 Å². The first-order chi connectivity index (χ1) is 8.65. The number of likely N-dealkylation sites (tertiary alicyclic amines) is 1. The number of nitrogens with one attached hydrogen (secondary N) is 1. The predicted molar refractivity (Wildman–Crippen MR) is 72.3 cm³/mol. The molecule has 5 nitrogen and oxygen atoms in total. The van der Waals surface area contributed by atoms with Gasteiger partial charge in [0, 0.05) is 25.7 Å². The second-order valence-corrected chi connectivity index (χ2v) is 4.47. The van der Waals surface area contributed by atoms with Crippen LogP contribution in [0.3, 0.4) is 0 Å². The number of aliphatic imine (C=N–C) groups is 1. The number of guanidine groups is 1. The zero-order chi connectivity index (χ0) is 13.0. The molecule has 1 aliphatic rings. The van der Waals surface area contributed by atoms with Crippen molar-refractivity contribution in [2.24, 2.45) is 10.7 Å². The van der Waals surface area contributed by atoms with E-state index in [2.05, 4.69) is 10.3 Å². The smallest absolute Gasteiger partial charge is 0.222 e. The lowest BCUT2D eigenvalue weighted by Gasteiger charge is -2.27. The minimum atomic E-state index is 0.0870. The van der Waals surface area contributed by atoms with Gasteiger partial charge in [-0.15, -0.1) is 0 Å². The molecule has 1 saturated heterocycles. The molecule has 1 aliphatic heterocycles. The van der Waals surface area contributed by atoms with Gasteiger partial charge in [-0.3, -0.25) is 4.79 Å². The van der Waals surface area contributed by atoms with E-state index in [4.69, 9.17) is 5.73 Å². The lowest BCUT2D eigenvalue weighted by molar-refractivity contribution is -0.132. The molecule has 0 aromatic heterocycles. The fourth-order valence-corrected chi connectivity index (χ4v) is 1.99. The number of hydrogen-bond acceptors (Lipinski definition) is 2. The summed E-state index contributed by atoms with van der Waals surface area (Å²) in [5.74, 6) is 0.574. The highest BCUT2D eigenvalue weighted by atomic mass is 16.2. The summed E-state index contributed by atoms with van der Waals surface area (Å²) in [6.07, 6.45) is 1.31. The highest BCUT2D eigenvalue weighted by molar-refractivity contribution is 5.92. The number of para-hydroxylation sites is 1. The van der Waals surface area contributed by atoms with E-state index in [0.29, 0.717) is 18.9 Å². The van der Waals surface area contributed by atoms with E-state index >= 15 is 0 Å². The second-order valence-electron chi connectivity index (χ2n) is 4.47. The third-order valence-corrected chi connectivity index (χ3v) is 2.97. The predicted octanol–water partition coefficient (Wildman–Crippen LogP) is 1.03. The van der Waals surface area contributed by atoms with Crippen LogP contribution in [0.2, 0.25) is 0 Å². The molecule has 2 rings (SSSR count). The molecule has 1 fully saturated rings. The number of piperidine rings is 1. The third-order valence-electron chi connectivity index (χ3n) is 2.97. The van der Waals surface area contributed by atoms with Crippen LogP contribution < -0.4 is 11.1 Å². The number of carbonyl (C=O) groups excluding carboxylic acids is 1. The normalized spacial score (nSPS) is 20.9. The summed E-state index contributed by atoms with van der Waals surface area (Å²) in [6, 6.07) is 9.76. The Labute approximate surface area is 107 Å². The summed E-state index contributed by atoms with van der Waals surface area (Å²) in [6.45, 7) is 0.635. The Hall–Kier alpha value is -2.04. The van der Waals surface area contributed by atoms with Crippen molar-refractivity contribution in [2.75, 3.05) is 18.9 Å². The van der Waals surface area contributed by atoms with E-state index < -0.39 is 0 Å². The second kappa shape index (κ2) is 5.53.